The molecule has 2 rings (SSSR count). The monoisotopic (exact) mass is 391 g/mol. The highest BCUT2D eigenvalue weighted by atomic mass is 35.5. The van der Waals surface area contributed by atoms with Crippen LogP contribution < -0.4 is 10.1 Å². The Balaban J connectivity index is 2.19. The van der Waals surface area contributed by atoms with Crippen LogP contribution in [0.2, 0.25) is 5.02 Å². The molecule has 9 heteroatoms. The molecular formula is C16H13ClF3NO3S. The summed E-state index contributed by atoms with van der Waals surface area (Å²) in [5, 5.41) is 2.69. The molecule has 0 fully saturated rings. The van der Waals surface area contributed by atoms with E-state index in [9.17, 15) is 22.2 Å². The van der Waals surface area contributed by atoms with Crippen LogP contribution in [-0.2, 0) is 10.8 Å². The summed E-state index contributed by atoms with van der Waals surface area (Å²) in [6.07, 6.45) is -3.00. The average Bonchev–Trinajstić information content (AvgIpc) is 2.53. The molecule has 0 saturated carbocycles. The van der Waals surface area contributed by atoms with E-state index in [1.807, 2.05) is 0 Å². The zero-order valence-corrected chi connectivity index (χ0v) is 14.5. The van der Waals surface area contributed by atoms with Gasteiger partial charge >= 0.3 is 6.18 Å². The van der Waals surface area contributed by atoms with E-state index in [2.05, 4.69) is 5.32 Å². The highest BCUT2D eigenvalue weighted by molar-refractivity contribution is 7.84. The predicted octanol–water partition coefficient (Wildman–Crippen LogP) is 4.27. The molecule has 0 radical (unpaired) electrons. The molecule has 0 aliphatic heterocycles. The molecule has 0 spiro atoms. The maximum absolute atomic E-state index is 12.3. The lowest BCUT2D eigenvalue weighted by Gasteiger charge is -2.14. The van der Waals surface area contributed by atoms with Crippen molar-refractivity contribution in [3.8, 4) is 5.75 Å². The smallest absolute Gasteiger partial charge is 0.422 e. The maximum Gasteiger partial charge on any atom is 0.422 e. The van der Waals surface area contributed by atoms with Crippen LogP contribution >= 0.6 is 11.6 Å². The van der Waals surface area contributed by atoms with E-state index in [4.69, 9.17) is 16.3 Å². The number of carbonyl (C=O) groups excluding carboxylic acids is 1. The second-order valence-electron chi connectivity index (χ2n) is 4.98. The van der Waals surface area contributed by atoms with E-state index in [0.717, 1.165) is 0 Å². The molecule has 134 valence electrons. The van der Waals surface area contributed by atoms with Gasteiger partial charge in [0.1, 0.15) is 5.75 Å². The lowest BCUT2D eigenvalue weighted by molar-refractivity contribution is -0.153. The van der Waals surface area contributed by atoms with Crippen LogP contribution in [0.15, 0.2) is 47.4 Å². The normalized spacial score (nSPS) is 12.5. The van der Waals surface area contributed by atoms with Gasteiger partial charge in [0.25, 0.3) is 5.91 Å². The molecule has 0 aliphatic carbocycles. The fraction of sp³-hybridized carbons (Fsp3) is 0.188. The molecule has 1 amide bonds. The van der Waals surface area contributed by atoms with Crippen molar-refractivity contribution in [2.75, 3.05) is 18.2 Å². The molecule has 2 aromatic rings. The van der Waals surface area contributed by atoms with Gasteiger partial charge in [-0.15, -0.1) is 0 Å². The van der Waals surface area contributed by atoms with Crippen molar-refractivity contribution >= 4 is 34.0 Å². The number of hydrogen-bond donors (Lipinski definition) is 1. The van der Waals surface area contributed by atoms with Gasteiger partial charge in [-0.1, -0.05) is 11.6 Å². The molecule has 0 saturated heterocycles. The van der Waals surface area contributed by atoms with Crippen molar-refractivity contribution in [3.63, 3.8) is 0 Å². The molecule has 4 nitrogen and oxygen atoms in total. The Morgan fingerprint density at radius 2 is 1.84 bits per heavy atom. The van der Waals surface area contributed by atoms with Crippen LogP contribution in [0, 0.1) is 0 Å². The lowest BCUT2D eigenvalue weighted by Crippen LogP contribution is -2.20. The van der Waals surface area contributed by atoms with Crippen LogP contribution in [0.4, 0.5) is 18.9 Å². The first kappa shape index (κ1) is 19.3. The SMILES string of the molecule is CS(=O)c1ccc(C(=O)Nc2cc(Cl)ccc2OCC(F)(F)F)cc1. The molecule has 0 heterocycles. The minimum Gasteiger partial charge on any atom is -0.482 e. The lowest BCUT2D eigenvalue weighted by atomic mass is 10.2. The van der Waals surface area contributed by atoms with Crippen LogP contribution in [-0.4, -0.2) is 29.2 Å². The minimum atomic E-state index is -4.51. The number of carbonyl (C=O) groups is 1. The van der Waals surface area contributed by atoms with Crippen LogP contribution in [0.5, 0.6) is 5.75 Å². The van der Waals surface area contributed by atoms with E-state index >= 15 is 0 Å². The molecule has 1 unspecified atom stereocenters. The van der Waals surface area contributed by atoms with Crippen molar-refractivity contribution < 1.29 is 26.9 Å². The zero-order chi connectivity index (χ0) is 18.6. The number of anilines is 1. The van der Waals surface area contributed by atoms with Crippen LogP contribution in [0.25, 0.3) is 0 Å². The summed E-state index contributed by atoms with van der Waals surface area (Å²) in [5.74, 6) is -0.714. The third-order valence-corrected chi connectivity index (χ3v) is 4.20. The molecule has 25 heavy (non-hydrogen) atoms. The largest absolute Gasteiger partial charge is 0.482 e. The standard InChI is InChI=1S/C16H13ClF3NO3S/c1-25(23)12-5-2-10(3-6-12)15(22)21-13-8-11(17)4-7-14(13)24-9-16(18,19)20/h2-8H,9H2,1H3,(H,21,22). The Morgan fingerprint density at radius 3 is 2.40 bits per heavy atom. The quantitative estimate of drug-likeness (QED) is 0.828. The Morgan fingerprint density at radius 1 is 1.20 bits per heavy atom. The summed E-state index contributed by atoms with van der Waals surface area (Å²) >= 11 is 5.83. The highest BCUT2D eigenvalue weighted by Gasteiger charge is 2.29. The molecular weight excluding hydrogens is 379 g/mol. The van der Waals surface area contributed by atoms with Crippen LogP contribution in [0.1, 0.15) is 10.4 Å². The van der Waals surface area contributed by atoms with Gasteiger partial charge in [0.2, 0.25) is 0 Å². The zero-order valence-electron chi connectivity index (χ0n) is 12.9. The Hall–Kier alpha value is -2.06. The summed E-state index contributed by atoms with van der Waals surface area (Å²) in [7, 11) is -1.18. The second kappa shape index (κ2) is 7.88. The Bertz CT molecular complexity index is 794. The molecule has 0 aliphatic rings. The second-order valence-corrected chi connectivity index (χ2v) is 6.79. The van der Waals surface area contributed by atoms with Gasteiger partial charge in [-0.05, 0) is 42.5 Å². The number of nitrogens with one attached hydrogen (secondary N) is 1. The minimum absolute atomic E-state index is 0.0184. The highest BCUT2D eigenvalue weighted by Crippen LogP contribution is 2.30. The maximum atomic E-state index is 12.3. The van der Waals surface area contributed by atoms with Crippen molar-refractivity contribution in [1.29, 1.82) is 0 Å². The fourth-order valence-corrected chi connectivity index (χ4v) is 2.57. The number of halogens is 4. The van der Waals surface area contributed by atoms with Gasteiger partial charge in [0, 0.05) is 32.5 Å². The van der Waals surface area contributed by atoms with E-state index in [-0.39, 0.29) is 22.0 Å². The summed E-state index contributed by atoms with van der Waals surface area (Å²) < 4.78 is 53.0. The predicted molar refractivity (Wildman–Crippen MR) is 89.7 cm³/mol. The average molecular weight is 392 g/mol. The first-order chi connectivity index (χ1) is 11.7. The first-order valence-corrected chi connectivity index (χ1v) is 8.83. The third kappa shape index (κ3) is 5.75. The fourth-order valence-electron chi connectivity index (χ4n) is 1.88. The molecule has 0 aromatic heterocycles. The molecule has 0 bridgehead atoms. The topological polar surface area (TPSA) is 55.4 Å². The Kier molecular flexibility index (Phi) is 6.07. The van der Waals surface area contributed by atoms with Crippen molar-refractivity contribution in [2.24, 2.45) is 0 Å². The molecule has 2 aromatic carbocycles. The van der Waals surface area contributed by atoms with Crippen molar-refractivity contribution in [2.45, 2.75) is 11.1 Å². The summed E-state index contributed by atoms with van der Waals surface area (Å²) in [6.45, 7) is -1.49. The van der Waals surface area contributed by atoms with E-state index in [1.165, 1.54) is 48.7 Å². The van der Waals surface area contributed by atoms with E-state index < -0.39 is 29.5 Å². The first-order valence-electron chi connectivity index (χ1n) is 6.89. The van der Waals surface area contributed by atoms with Crippen molar-refractivity contribution in [1.82, 2.24) is 0 Å². The number of ether oxygens (including phenoxy) is 1. The number of amides is 1. The van der Waals surface area contributed by atoms with Crippen LogP contribution in [0.3, 0.4) is 0 Å². The van der Waals surface area contributed by atoms with Gasteiger partial charge in [0.05, 0.1) is 5.69 Å². The van der Waals surface area contributed by atoms with Gasteiger partial charge in [-0.2, -0.15) is 13.2 Å². The number of hydrogen-bond acceptors (Lipinski definition) is 3. The van der Waals surface area contributed by atoms with Gasteiger partial charge in [-0.3, -0.25) is 9.00 Å². The molecule has 1 N–H and O–H groups in total. The summed E-state index contributed by atoms with van der Waals surface area (Å²) in [6, 6.07) is 9.88. The van der Waals surface area contributed by atoms with Gasteiger partial charge < -0.3 is 10.1 Å². The van der Waals surface area contributed by atoms with E-state index in [1.54, 1.807) is 0 Å². The Labute approximate surface area is 149 Å². The molecule has 1 atom stereocenters. The summed E-state index contributed by atoms with van der Waals surface area (Å²) in [5.41, 5.74) is 0.265. The number of rotatable bonds is 5. The summed E-state index contributed by atoms with van der Waals surface area (Å²) in [4.78, 5) is 12.8. The number of alkyl halides is 3. The van der Waals surface area contributed by atoms with Gasteiger partial charge in [-0.25, -0.2) is 0 Å². The number of benzene rings is 2. The third-order valence-electron chi connectivity index (χ3n) is 3.03. The van der Waals surface area contributed by atoms with E-state index in [0.29, 0.717) is 4.90 Å². The van der Waals surface area contributed by atoms with Gasteiger partial charge in [0.15, 0.2) is 6.61 Å². The van der Waals surface area contributed by atoms with Crippen molar-refractivity contribution in [3.05, 3.63) is 53.1 Å².